The van der Waals surface area contributed by atoms with Crippen molar-refractivity contribution in [2.24, 2.45) is 0 Å². The Morgan fingerprint density at radius 2 is 2.21 bits per heavy atom. The van der Waals surface area contributed by atoms with Crippen molar-refractivity contribution < 1.29 is 9.53 Å². The molecule has 0 saturated carbocycles. The third kappa shape index (κ3) is 4.34. The number of nitrogens with one attached hydrogen (secondary N) is 1. The van der Waals surface area contributed by atoms with E-state index in [9.17, 15) is 9.59 Å². The molecule has 1 N–H and O–H groups in total. The number of amides is 1. The normalized spacial score (nSPS) is 12.1. The summed E-state index contributed by atoms with van der Waals surface area (Å²) in [5.74, 6) is 0.462. The van der Waals surface area contributed by atoms with Gasteiger partial charge in [0.15, 0.2) is 5.16 Å². The second kappa shape index (κ2) is 8.98. The van der Waals surface area contributed by atoms with Crippen molar-refractivity contribution in [3.05, 3.63) is 45.0 Å². The fourth-order valence-electron chi connectivity index (χ4n) is 2.65. The van der Waals surface area contributed by atoms with Crippen LogP contribution in [0.3, 0.4) is 0 Å². The van der Waals surface area contributed by atoms with Crippen LogP contribution in [0.5, 0.6) is 5.75 Å². The van der Waals surface area contributed by atoms with Crippen LogP contribution in [0.2, 0.25) is 5.02 Å². The van der Waals surface area contributed by atoms with E-state index in [4.69, 9.17) is 16.3 Å². The Morgan fingerprint density at radius 1 is 1.43 bits per heavy atom. The van der Waals surface area contributed by atoms with E-state index < -0.39 is 0 Å². The van der Waals surface area contributed by atoms with Crippen molar-refractivity contribution in [2.45, 2.75) is 31.5 Å². The van der Waals surface area contributed by atoms with Gasteiger partial charge >= 0.3 is 0 Å². The van der Waals surface area contributed by atoms with Gasteiger partial charge in [0, 0.05) is 11.7 Å². The molecule has 9 heteroatoms. The molecule has 1 aromatic carbocycles. The lowest BCUT2D eigenvalue weighted by molar-refractivity contribution is -0.113. The number of benzene rings is 1. The summed E-state index contributed by atoms with van der Waals surface area (Å²) in [5, 5.41) is 5.63. The molecule has 0 aliphatic carbocycles. The quantitative estimate of drug-likeness (QED) is 0.423. The molecule has 0 saturated heterocycles. The Morgan fingerprint density at radius 3 is 2.89 bits per heavy atom. The van der Waals surface area contributed by atoms with Crippen LogP contribution in [0.4, 0.5) is 5.69 Å². The smallest absolute Gasteiger partial charge is 0.272 e. The molecule has 0 bridgehead atoms. The summed E-state index contributed by atoms with van der Waals surface area (Å²) >= 11 is 8.73. The fourth-order valence-corrected chi connectivity index (χ4v) is 4.57. The molecule has 148 valence electrons. The number of carbonyl (C=O) groups excluding carboxylic acids is 1. The highest BCUT2D eigenvalue weighted by molar-refractivity contribution is 7.99. The van der Waals surface area contributed by atoms with E-state index in [1.54, 1.807) is 22.8 Å². The molecule has 3 rings (SSSR count). The van der Waals surface area contributed by atoms with E-state index >= 15 is 0 Å². The van der Waals surface area contributed by atoms with Crippen LogP contribution in [-0.4, -0.2) is 28.3 Å². The molecular formula is C19H20ClN3O3S2. The predicted octanol–water partition coefficient (Wildman–Crippen LogP) is 4.82. The molecule has 0 fully saturated rings. The summed E-state index contributed by atoms with van der Waals surface area (Å²) < 4.78 is 7.43. The van der Waals surface area contributed by atoms with Crippen LogP contribution in [0.25, 0.3) is 10.2 Å². The van der Waals surface area contributed by atoms with Crippen molar-refractivity contribution in [3.8, 4) is 5.75 Å². The first-order valence-corrected chi connectivity index (χ1v) is 10.9. The molecule has 28 heavy (non-hydrogen) atoms. The first-order valence-electron chi connectivity index (χ1n) is 8.70. The Balaban J connectivity index is 1.78. The van der Waals surface area contributed by atoms with Gasteiger partial charge in [-0.05, 0) is 43.0 Å². The summed E-state index contributed by atoms with van der Waals surface area (Å²) in [6, 6.07) is 6.87. The van der Waals surface area contributed by atoms with Gasteiger partial charge in [0.25, 0.3) is 5.56 Å². The summed E-state index contributed by atoms with van der Waals surface area (Å²) in [5.41, 5.74) is 1.19. The topological polar surface area (TPSA) is 73.2 Å². The van der Waals surface area contributed by atoms with Gasteiger partial charge in [0.2, 0.25) is 5.91 Å². The SMILES string of the molecule is CCC(C)n1c(SCC(=O)Nc2ccc(OC)c(Cl)c2)nc2ccsc2c1=O. The van der Waals surface area contributed by atoms with E-state index in [-0.39, 0.29) is 23.3 Å². The molecule has 1 atom stereocenters. The number of fused-ring (bicyclic) bond motifs is 1. The maximum absolute atomic E-state index is 12.8. The highest BCUT2D eigenvalue weighted by Crippen LogP contribution is 2.28. The van der Waals surface area contributed by atoms with E-state index in [0.29, 0.717) is 31.8 Å². The third-order valence-electron chi connectivity index (χ3n) is 4.28. The van der Waals surface area contributed by atoms with Crippen LogP contribution >= 0.6 is 34.7 Å². The van der Waals surface area contributed by atoms with Crippen LogP contribution in [0.15, 0.2) is 39.6 Å². The van der Waals surface area contributed by atoms with Gasteiger partial charge in [-0.3, -0.25) is 14.2 Å². The van der Waals surface area contributed by atoms with Crippen molar-refractivity contribution >= 4 is 56.5 Å². The molecular weight excluding hydrogens is 418 g/mol. The van der Waals surface area contributed by atoms with E-state index in [2.05, 4.69) is 10.3 Å². The molecule has 1 unspecified atom stereocenters. The number of halogens is 1. The summed E-state index contributed by atoms with van der Waals surface area (Å²) in [7, 11) is 1.53. The van der Waals surface area contributed by atoms with Crippen LogP contribution in [0, 0.1) is 0 Å². The second-order valence-electron chi connectivity index (χ2n) is 6.15. The number of anilines is 1. The Bertz CT molecular complexity index is 1060. The Hall–Kier alpha value is -2.03. The zero-order chi connectivity index (χ0) is 20.3. The number of methoxy groups -OCH3 is 1. The van der Waals surface area contributed by atoms with Gasteiger partial charge in [-0.15, -0.1) is 11.3 Å². The lowest BCUT2D eigenvalue weighted by Gasteiger charge is -2.17. The number of rotatable bonds is 7. The number of carbonyl (C=O) groups is 1. The van der Waals surface area contributed by atoms with Gasteiger partial charge in [-0.2, -0.15) is 0 Å². The maximum Gasteiger partial charge on any atom is 0.272 e. The zero-order valence-corrected chi connectivity index (χ0v) is 18.1. The van der Waals surface area contributed by atoms with Crippen molar-refractivity contribution in [1.82, 2.24) is 9.55 Å². The van der Waals surface area contributed by atoms with Crippen molar-refractivity contribution in [1.29, 1.82) is 0 Å². The first-order chi connectivity index (χ1) is 13.4. The molecule has 0 radical (unpaired) electrons. The van der Waals surface area contributed by atoms with Crippen LogP contribution < -0.4 is 15.6 Å². The number of ether oxygens (including phenoxy) is 1. The first kappa shape index (κ1) is 20.7. The average Bonchev–Trinajstić information content (AvgIpc) is 3.15. The van der Waals surface area contributed by atoms with Gasteiger partial charge in [0.05, 0.1) is 23.4 Å². The average molecular weight is 438 g/mol. The van der Waals surface area contributed by atoms with Crippen LogP contribution in [0.1, 0.15) is 26.3 Å². The molecule has 2 heterocycles. The molecule has 3 aromatic rings. The molecule has 1 amide bonds. The largest absolute Gasteiger partial charge is 0.495 e. The number of hydrogen-bond donors (Lipinski definition) is 1. The number of hydrogen-bond acceptors (Lipinski definition) is 6. The minimum absolute atomic E-state index is 0.00236. The molecule has 0 aliphatic rings. The van der Waals surface area contributed by atoms with Crippen LogP contribution in [-0.2, 0) is 4.79 Å². The van der Waals surface area contributed by atoms with E-state index in [1.165, 1.54) is 30.2 Å². The Labute approximate surface area is 175 Å². The van der Waals surface area contributed by atoms with E-state index in [0.717, 1.165) is 6.42 Å². The van der Waals surface area contributed by atoms with Gasteiger partial charge < -0.3 is 10.1 Å². The minimum Gasteiger partial charge on any atom is -0.495 e. The zero-order valence-electron chi connectivity index (χ0n) is 15.7. The molecule has 6 nitrogen and oxygen atoms in total. The van der Waals surface area contributed by atoms with Crippen molar-refractivity contribution in [3.63, 3.8) is 0 Å². The lowest BCUT2D eigenvalue weighted by Crippen LogP contribution is -2.26. The van der Waals surface area contributed by atoms with E-state index in [1.807, 2.05) is 25.3 Å². The second-order valence-corrected chi connectivity index (χ2v) is 8.41. The standard InChI is InChI=1S/C19H20ClN3O3S2/c1-4-11(2)23-18(25)17-14(7-8-27-17)22-19(23)28-10-16(24)21-12-5-6-15(26-3)13(20)9-12/h5-9,11H,4,10H2,1-3H3,(H,21,24). The summed E-state index contributed by atoms with van der Waals surface area (Å²) in [6.45, 7) is 4.00. The van der Waals surface area contributed by atoms with Gasteiger partial charge in [-0.25, -0.2) is 4.98 Å². The molecule has 0 aliphatic heterocycles. The fraction of sp³-hybridized carbons (Fsp3) is 0.316. The number of aromatic nitrogens is 2. The van der Waals surface area contributed by atoms with Gasteiger partial charge in [0.1, 0.15) is 10.4 Å². The van der Waals surface area contributed by atoms with Gasteiger partial charge in [-0.1, -0.05) is 30.3 Å². The monoisotopic (exact) mass is 437 g/mol. The highest BCUT2D eigenvalue weighted by Gasteiger charge is 2.17. The summed E-state index contributed by atoms with van der Waals surface area (Å²) in [4.78, 5) is 29.8. The number of nitrogens with zero attached hydrogens (tertiary/aromatic N) is 2. The third-order valence-corrected chi connectivity index (χ3v) is 6.42. The maximum atomic E-state index is 12.8. The molecule has 0 spiro atoms. The lowest BCUT2D eigenvalue weighted by atomic mass is 10.2. The predicted molar refractivity (Wildman–Crippen MR) is 116 cm³/mol. The summed E-state index contributed by atoms with van der Waals surface area (Å²) in [6.07, 6.45) is 0.794. The van der Waals surface area contributed by atoms with Crippen molar-refractivity contribution in [2.75, 3.05) is 18.2 Å². The highest BCUT2D eigenvalue weighted by atomic mass is 35.5. The minimum atomic E-state index is -0.207. The molecule has 2 aromatic heterocycles. The Kier molecular flexibility index (Phi) is 6.64. The number of thiophene rings is 1. The number of thioether (sulfide) groups is 1.